The summed E-state index contributed by atoms with van der Waals surface area (Å²) in [4.78, 5) is 3.95. The summed E-state index contributed by atoms with van der Waals surface area (Å²) in [6, 6.07) is 0. The van der Waals surface area contributed by atoms with Crippen molar-refractivity contribution in [3.63, 3.8) is 0 Å². The van der Waals surface area contributed by atoms with Crippen LogP contribution >= 0.6 is 0 Å². The van der Waals surface area contributed by atoms with Crippen molar-refractivity contribution in [2.24, 2.45) is 0 Å². The van der Waals surface area contributed by atoms with Gasteiger partial charge in [0.15, 0.2) is 0 Å². The van der Waals surface area contributed by atoms with Gasteiger partial charge in [-0.1, -0.05) is 11.8 Å². The Morgan fingerprint density at radius 2 is 2.21 bits per heavy atom. The fourth-order valence-electron chi connectivity index (χ4n) is 0.991. The molecule has 4 heteroatoms. The van der Waals surface area contributed by atoms with Crippen molar-refractivity contribution in [3.05, 3.63) is 17.3 Å². The van der Waals surface area contributed by atoms with Gasteiger partial charge >= 0.3 is 0 Å². The second-order valence-electron chi connectivity index (χ2n) is 2.93. The normalized spacial score (nSPS) is 9.29. The molecule has 1 rings (SSSR count). The maximum Gasteiger partial charge on any atom is 0.146 e. The van der Waals surface area contributed by atoms with Crippen molar-refractivity contribution in [1.82, 2.24) is 10.3 Å². The molecule has 0 saturated heterocycles. The maximum absolute atomic E-state index is 5.72. The van der Waals surface area contributed by atoms with E-state index in [9.17, 15) is 0 Å². The van der Waals surface area contributed by atoms with Crippen LogP contribution in [-0.2, 0) is 0 Å². The first kappa shape index (κ1) is 10.4. The fourth-order valence-corrected chi connectivity index (χ4v) is 0.991. The zero-order valence-electron chi connectivity index (χ0n) is 8.39. The van der Waals surface area contributed by atoms with E-state index < -0.39 is 0 Å². The number of pyridine rings is 1. The van der Waals surface area contributed by atoms with E-state index in [0.29, 0.717) is 18.1 Å². The van der Waals surface area contributed by atoms with E-state index in [1.165, 1.54) is 0 Å². The zero-order valence-corrected chi connectivity index (χ0v) is 8.39. The fraction of sp³-hybridized carbons (Fsp3) is 0.300. The van der Waals surface area contributed by atoms with Gasteiger partial charge in [-0.05, 0) is 19.5 Å². The highest BCUT2D eigenvalue weighted by Gasteiger charge is 2.03. The molecule has 0 aromatic carbocycles. The molecule has 1 aromatic rings. The predicted octanol–water partition coefficient (Wildman–Crippen LogP) is 0.125. The Bertz CT molecular complexity index is 387. The Labute approximate surface area is 83.7 Å². The lowest BCUT2D eigenvalue weighted by molar-refractivity contribution is 0.938. The number of nitrogens with zero attached hydrogens (tertiary/aromatic N) is 1. The van der Waals surface area contributed by atoms with Crippen LogP contribution in [0.15, 0.2) is 6.20 Å². The number of aromatic nitrogens is 1. The first-order valence-corrected chi connectivity index (χ1v) is 4.30. The van der Waals surface area contributed by atoms with Gasteiger partial charge in [0.1, 0.15) is 5.82 Å². The molecule has 0 spiro atoms. The first-order valence-electron chi connectivity index (χ1n) is 4.30. The van der Waals surface area contributed by atoms with Crippen molar-refractivity contribution >= 4 is 11.5 Å². The third kappa shape index (κ3) is 2.15. The minimum absolute atomic E-state index is 0.363. The minimum Gasteiger partial charge on any atom is -0.395 e. The molecule has 0 aliphatic heterocycles. The second kappa shape index (κ2) is 4.49. The van der Waals surface area contributed by atoms with E-state index in [1.54, 1.807) is 6.20 Å². The minimum atomic E-state index is 0.363. The van der Waals surface area contributed by atoms with Gasteiger partial charge < -0.3 is 16.8 Å². The van der Waals surface area contributed by atoms with Crippen LogP contribution in [0.2, 0.25) is 0 Å². The molecule has 74 valence electrons. The molecule has 5 N–H and O–H groups in total. The summed E-state index contributed by atoms with van der Waals surface area (Å²) in [6.45, 7) is 2.53. The maximum atomic E-state index is 5.72. The quantitative estimate of drug-likeness (QED) is 0.550. The number of hydrogen-bond acceptors (Lipinski definition) is 4. The van der Waals surface area contributed by atoms with Gasteiger partial charge in [-0.3, -0.25) is 0 Å². The molecule has 0 bridgehead atoms. The Morgan fingerprint density at radius 3 is 2.86 bits per heavy atom. The number of nitrogen functional groups attached to an aromatic ring is 2. The molecule has 1 heterocycles. The van der Waals surface area contributed by atoms with Crippen LogP contribution in [0.1, 0.15) is 11.1 Å². The highest BCUT2D eigenvalue weighted by Crippen LogP contribution is 2.19. The number of anilines is 2. The number of nitrogens with one attached hydrogen (secondary N) is 1. The summed E-state index contributed by atoms with van der Waals surface area (Å²) in [5.74, 6) is 6.28. The van der Waals surface area contributed by atoms with Crippen molar-refractivity contribution < 1.29 is 0 Å². The summed E-state index contributed by atoms with van der Waals surface area (Å²) in [7, 11) is 1.84. The summed E-state index contributed by atoms with van der Waals surface area (Å²) in [5.41, 5.74) is 13.5. The van der Waals surface area contributed by atoms with Crippen LogP contribution in [0.3, 0.4) is 0 Å². The molecule has 0 unspecified atom stereocenters. The standard InChI is InChI=1S/C10H14N4/c1-7-8(4-3-5-13-2)6-14-10(12)9(7)11/h6,13H,5,11H2,1-2H3,(H2,12,14). The molecule has 0 atom stereocenters. The molecule has 1 aromatic heterocycles. The molecule has 0 saturated carbocycles. The monoisotopic (exact) mass is 190 g/mol. The van der Waals surface area contributed by atoms with Crippen LogP contribution in [0.25, 0.3) is 0 Å². The third-order valence-electron chi connectivity index (χ3n) is 1.90. The molecule has 0 aliphatic carbocycles. The Hall–Kier alpha value is -1.73. The van der Waals surface area contributed by atoms with Gasteiger partial charge in [0, 0.05) is 11.8 Å². The predicted molar refractivity (Wildman–Crippen MR) is 58.6 cm³/mol. The average molecular weight is 190 g/mol. The van der Waals surface area contributed by atoms with Crippen molar-refractivity contribution in [3.8, 4) is 11.8 Å². The highest BCUT2D eigenvalue weighted by molar-refractivity contribution is 5.66. The van der Waals surface area contributed by atoms with E-state index in [2.05, 4.69) is 22.1 Å². The molecule has 4 nitrogen and oxygen atoms in total. The molecule has 0 radical (unpaired) electrons. The van der Waals surface area contributed by atoms with Gasteiger partial charge in [0.2, 0.25) is 0 Å². The van der Waals surface area contributed by atoms with Gasteiger partial charge in [-0.25, -0.2) is 4.98 Å². The van der Waals surface area contributed by atoms with E-state index in [0.717, 1.165) is 11.1 Å². The zero-order chi connectivity index (χ0) is 10.6. The van der Waals surface area contributed by atoms with Crippen molar-refractivity contribution in [1.29, 1.82) is 0 Å². The molecule has 0 amide bonds. The van der Waals surface area contributed by atoms with Crippen molar-refractivity contribution in [2.75, 3.05) is 25.1 Å². The van der Waals surface area contributed by atoms with Gasteiger partial charge in [-0.2, -0.15) is 0 Å². The summed E-state index contributed by atoms with van der Waals surface area (Å²) in [5, 5.41) is 2.93. The third-order valence-corrected chi connectivity index (χ3v) is 1.90. The Morgan fingerprint density at radius 1 is 1.50 bits per heavy atom. The molecule has 14 heavy (non-hydrogen) atoms. The molecule has 0 aliphatic rings. The van der Waals surface area contributed by atoms with Gasteiger partial charge in [-0.15, -0.1) is 0 Å². The highest BCUT2D eigenvalue weighted by atomic mass is 14.9. The van der Waals surface area contributed by atoms with Crippen LogP contribution in [0.4, 0.5) is 11.5 Å². The number of rotatable bonds is 1. The largest absolute Gasteiger partial charge is 0.395 e. The van der Waals surface area contributed by atoms with E-state index in [1.807, 2.05) is 14.0 Å². The van der Waals surface area contributed by atoms with Crippen LogP contribution in [0, 0.1) is 18.8 Å². The van der Waals surface area contributed by atoms with Crippen LogP contribution in [0.5, 0.6) is 0 Å². The van der Waals surface area contributed by atoms with Gasteiger partial charge in [0.25, 0.3) is 0 Å². The van der Waals surface area contributed by atoms with Crippen LogP contribution in [-0.4, -0.2) is 18.6 Å². The second-order valence-corrected chi connectivity index (χ2v) is 2.93. The summed E-state index contributed by atoms with van der Waals surface area (Å²) in [6.07, 6.45) is 1.64. The first-order chi connectivity index (χ1) is 6.66. The van der Waals surface area contributed by atoms with Crippen LogP contribution < -0.4 is 16.8 Å². The van der Waals surface area contributed by atoms with E-state index in [4.69, 9.17) is 11.5 Å². The lowest BCUT2D eigenvalue weighted by Gasteiger charge is -2.04. The number of hydrogen-bond donors (Lipinski definition) is 3. The molecular formula is C10H14N4. The Balaban J connectivity index is 3.02. The number of nitrogens with two attached hydrogens (primary N) is 2. The lowest BCUT2D eigenvalue weighted by atomic mass is 10.1. The molecular weight excluding hydrogens is 176 g/mol. The Kier molecular flexibility index (Phi) is 3.32. The summed E-state index contributed by atoms with van der Waals surface area (Å²) >= 11 is 0. The smallest absolute Gasteiger partial charge is 0.146 e. The topological polar surface area (TPSA) is 77.0 Å². The SMILES string of the molecule is CNCC#Cc1cnc(N)c(N)c1C. The average Bonchev–Trinajstić information content (AvgIpc) is 2.18. The van der Waals surface area contributed by atoms with E-state index >= 15 is 0 Å². The molecule has 0 fully saturated rings. The lowest BCUT2D eigenvalue weighted by Crippen LogP contribution is -2.05. The van der Waals surface area contributed by atoms with E-state index in [-0.39, 0.29) is 0 Å². The summed E-state index contributed by atoms with van der Waals surface area (Å²) < 4.78 is 0. The van der Waals surface area contributed by atoms with Gasteiger partial charge in [0.05, 0.1) is 12.2 Å². The van der Waals surface area contributed by atoms with Crippen molar-refractivity contribution in [2.45, 2.75) is 6.92 Å².